The third-order valence-electron chi connectivity index (χ3n) is 0.878. The van der Waals surface area contributed by atoms with Crippen LogP contribution in [0.25, 0.3) is 0 Å². The van der Waals surface area contributed by atoms with Crippen molar-refractivity contribution in [1.82, 2.24) is 4.98 Å². The highest BCUT2D eigenvalue weighted by Gasteiger charge is 1.90. The fourth-order valence-electron chi connectivity index (χ4n) is 0.503. The van der Waals surface area contributed by atoms with Crippen LogP contribution in [0.1, 0.15) is 5.69 Å². The van der Waals surface area contributed by atoms with Crippen molar-refractivity contribution < 1.29 is 5.11 Å². The number of hydrogen-bond donors (Lipinski definition) is 2. The standard InChI is InChI=1S/C5H6INO/c6-4-1-5(3-8)7-2-4/h1-2,7-8H,3H2. The summed E-state index contributed by atoms with van der Waals surface area (Å²) in [6.07, 6.45) is 1.85. The minimum Gasteiger partial charge on any atom is -0.390 e. The van der Waals surface area contributed by atoms with E-state index in [1.807, 2.05) is 12.3 Å². The summed E-state index contributed by atoms with van der Waals surface area (Å²) >= 11 is 2.18. The maximum absolute atomic E-state index is 8.52. The number of H-pyrrole nitrogens is 1. The summed E-state index contributed by atoms with van der Waals surface area (Å²) in [6, 6.07) is 1.90. The topological polar surface area (TPSA) is 36.0 Å². The third kappa shape index (κ3) is 1.23. The van der Waals surface area contributed by atoms with E-state index < -0.39 is 0 Å². The lowest BCUT2D eigenvalue weighted by Gasteiger charge is -1.81. The first-order chi connectivity index (χ1) is 3.83. The van der Waals surface area contributed by atoms with Crippen molar-refractivity contribution >= 4 is 22.6 Å². The molecule has 0 aromatic carbocycles. The molecule has 44 valence electrons. The molecule has 0 spiro atoms. The molecule has 1 rings (SSSR count). The highest BCUT2D eigenvalue weighted by atomic mass is 127. The SMILES string of the molecule is OCc1cc(I)c[nH]1. The molecular weight excluding hydrogens is 217 g/mol. The molecule has 0 aliphatic carbocycles. The predicted octanol–water partition coefficient (Wildman–Crippen LogP) is 1.11. The van der Waals surface area contributed by atoms with Crippen molar-refractivity contribution in [1.29, 1.82) is 0 Å². The Balaban J connectivity index is 2.84. The molecule has 0 saturated heterocycles. The van der Waals surface area contributed by atoms with Crippen molar-refractivity contribution in [3.63, 3.8) is 0 Å². The maximum atomic E-state index is 8.52. The monoisotopic (exact) mass is 223 g/mol. The molecule has 0 radical (unpaired) electrons. The molecule has 8 heavy (non-hydrogen) atoms. The second-order valence-corrected chi connectivity index (χ2v) is 2.75. The van der Waals surface area contributed by atoms with Gasteiger partial charge in [-0.25, -0.2) is 0 Å². The van der Waals surface area contributed by atoms with Crippen LogP contribution in [0.15, 0.2) is 12.3 Å². The highest BCUT2D eigenvalue weighted by Crippen LogP contribution is 2.04. The van der Waals surface area contributed by atoms with E-state index in [-0.39, 0.29) is 6.61 Å². The molecule has 0 saturated carbocycles. The Bertz CT molecular complexity index is 173. The molecule has 0 amide bonds. The van der Waals surface area contributed by atoms with Gasteiger partial charge in [0.05, 0.1) is 6.61 Å². The van der Waals surface area contributed by atoms with Crippen molar-refractivity contribution in [3.8, 4) is 0 Å². The molecule has 0 aliphatic rings. The van der Waals surface area contributed by atoms with Crippen molar-refractivity contribution in [2.45, 2.75) is 6.61 Å². The van der Waals surface area contributed by atoms with Crippen molar-refractivity contribution in [3.05, 3.63) is 21.5 Å². The van der Waals surface area contributed by atoms with Gasteiger partial charge in [0.15, 0.2) is 0 Å². The molecular formula is C5H6INO. The van der Waals surface area contributed by atoms with Crippen molar-refractivity contribution in [2.24, 2.45) is 0 Å². The molecule has 1 aromatic rings. The molecule has 2 nitrogen and oxygen atoms in total. The number of halogens is 1. The van der Waals surface area contributed by atoms with Gasteiger partial charge in [0.1, 0.15) is 0 Å². The molecule has 0 unspecified atom stereocenters. The van der Waals surface area contributed by atoms with Crippen LogP contribution in [0.2, 0.25) is 0 Å². The summed E-state index contributed by atoms with van der Waals surface area (Å²) in [6.45, 7) is 0.100. The van der Waals surface area contributed by atoms with Crippen LogP contribution in [-0.4, -0.2) is 10.1 Å². The first-order valence-electron chi connectivity index (χ1n) is 2.26. The Morgan fingerprint density at radius 1 is 1.75 bits per heavy atom. The summed E-state index contributed by atoms with van der Waals surface area (Å²) in [5.41, 5.74) is 0.870. The molecule has 2 N–H and O–H groups in total. The van der Waals surface area contributed by atoms with Gasteiger partial charge in [-0.15, -0.1) is 0 Å². The normalized spacial score (nSPS) is 9.75. The van der Waals surface area contributed by atoms with Gasteiger partial charge in [-0.05, 0) is 28.7 Å². The molecule has 0 bridgehead atoms. The van der Waals surface area contributed by atoms with Gasteiger partial charge in [-0.1, -0.05) is 0 Å². The molecule has 1 aromatic heterocycles. The number of hydrogen-bond acceptors (Lipinski definition) is 1. The average molecular weight is 223 g/mol. The van der Waals surface area contributed by atoms with E-state index in [1.165, 1.54) is 0 Å². The average Bonchev–Trinajstić information content (AvgIpc) is 2.14. The smallest absolute Gasteiger partial charge is 0.0831 e. The predicted molar refractivity (Wildman–Crippen MR) is 39.4 cm³/mol. The number of aromatic nitrogens is 1. The summed E-state index contributed by atoms with van der Waals surface area (Å²) in [5.74, 6) is 0. The van der Waals surface area contributed by atoms with Crippen LogP contribution in [0.4, 0.5) is 0 Å². The first-order valence-corrected chi connectivity index (χ1v) is 3.34. The van der Waals surface area contributed by atoms with Crippen molar-refractivity contribution in [2.75, 3.05) is 0 Å². The Kier molecular flexibility index (Phi) is 1.90. The van der Waals surface area contributed by atoms with Crippen LogP contribution in [-0.2, 0) is 6.61 Å². The van der Waals surface area contributed by atoms with E-state index in [2.05, 4.69) is 27.6 Å². The fourth-order valence-corrected chi connectivity index (χ4v) is 1.03. The molecule has 0 aliphatic heterocycles. The zero-order valence-corrected chi connectivity index (χ0v) is 6.34. The zero-order chi connectivity index (χ0) is 5.98. The fraction of sp³-hybridized carbons (Fsp3) is 0.200. The second kappa shape index (κ2) is 2.50. The van der Waals surface area contributed by atoms with Crippen LogP contribution >= 0.6 is 22.6 Å². The lowest BCUT2D eigenvalue weighted by atomic mass is 10.5. The van der Waals surface area contributed by atoms with Gasteiger partial charge < -0.3 is 10.1 Å². The van der Waals surface area contributed by atoms with Gasteiger partial charge in [-0.2, -0.15) is 0 Å². The van der Waals surface area contributed by atoms with Gasteiger partial charge in [0, 0.05) is 15.5 Å². The number of aliphatic hydroxyl groups is 1. The largest absolute Gasteiger partial charge is 0.390 e. The number of rotatable bonds is 1. The van der Waals surface area contributed by atoms with Crippen LogP contribution < -0.4 is 0 Å². The van der Waals surface area contributed by atoms with E-state index in [4.69, 9.17) is 5.11 Å². The van der Waals surface area contributed by atoms with E-state index in [9.17, 15) is 0 Å². The highest BCUT2D eigenvalue weighted by molar-refractivity contribution is 14.1. The Morgan fingerprint density at radius 2 is 2.50 bits per heavy atom. The number of aliphatic hydroxyl groups excluding tert-OH is 1. The van der Waals surface area contributed by atoms with E-state index in [0.717, 1.165) is 9.26 Å². The summed E-state index contributed by atoms with van der Waals surface area (Å²) < 4.78 is 1.13. The van der Waals surface area contributed by atoms with Crippen LogP contribution in [0, 0.1) is 3.57 Å². The molecule has 1 heterocycles. The quantitative estimate of drug-likeness (QED) is 0.687. The van der Waals surface area contributed by atoms with Gasteiger partial charge >= 0.3 is 0 Å². The molecule has 0 atom stereocenters. The minimum atomic E-state index is 0.100. The molecule has 0 fully saturated rings. The zero-order valence-electron chi connectivity index (χ0n) is 4.19. The second-order valence-electron chi connectivity index (χ2n) is 1.50. The third-order valence-corrected chi connectivity index (χ3v) is 1.50. The maximum Gasteiger partial charge on any atom is 0.0831 e. The summed E-state index contributed by atoms with van der Waals surface area (Å²) in [5, 5.41) is 8.52. The van der Waals surface area contributed by atoms with E-state index in [1.54, 1.807) is 0 Å². The van der Waals surface area contributed by atoms with Crippen LogP contribution in [0.3, 0.4) is 0 Å². The summed E-state index contributed by atoms with van der Waals surface area (Å²) in [4.78, 5) is 2.90. The van der Waals surface area contributed by atoms with Crippen LogP contribution in [0.5, 0.6) is 0 Å². The van der Waals surface area contributed by atoms with E-state index in [0.29, 0.717) is 0 Å². The number of nitrogens with one attached hydrogen (secondary N) is 1. The van der Waals surface area contributed by atoms with E-state index >= 15 is 0 Å². The lowest BCUT2D eigenvalue weighted by Crippen LogP contribution is -1.77. The Morgan fingerprint density at radius 3 is 2.75 bits per heavy atom. The molecule has 3 heteroatoms. The number of aromatic amines is 1. The van der Waals surface area contributed by atoms with Gasteiger partial charge in [0.2, 0.25) is 0 Å². The Labute approximate surface area is 61.1 Å². The lowest BCUT2D eigenvalue weighted by molar-refractivity contribution is 0.277. The Hall–Kier alpha value is -0.0300. The minimum absolute atomic E-state index is 0.100. The summed E-state index contributed by atoms with van der Waals surface area (Å²) in [7, 11) is 0. The first kappa shape index (κ1) is 6.10. The van der Waals surface area contributed by atoms with Gasteiger partial charge in [0.25, 0.3) is 0 Å². The van der Waals surface area contributed by atoms with Gasteiger partial charge in [-0.3, -0.25) is 0 Å².